The van der Waals surface area contributed by atoms with Crippen molar-refractivity contribution >= 4 is 10.8 Å². The second-order valence-corrected chi connectivity index (χ2v) is 5.90. The lowest BCUT2D eigenvalue weighted by Gasteiger charge is -2.30. The highest BCUT2D eigenvalue weighted by Gasteiger charge is 2.37. The van der Waals surface area contributed by atoms with Crippen LogP contribution in [0.2, 0.25) is 0 Å². The van der Waals surface area contributed by atoms with Gasteiger partial charge in [-0.3, -0.25) is 0 Å². The summed E-state index contributed by atoms with van der Waals surface area (Å²) in [5, 5.41) is 2.19. The van der Waals surface area contributed by atoms with Crippen molar-refractivity contribution in [3.8, 4) is 11.5 Å². The van der Waals surface area contributed by atoms with Crippen molar-refractivity contribution in [2.75, 3.05) is 20.8 Å². The van der Waals surface area contributed by atoms with Crippen LogP contribution in [0, 0.1) is 0 Å². The molecule has 2 N–H and O–H groups in total. The molecule has 1 fully saturated rings. The van der Waals surface area contributed by atoms with Crippen LogP contribution < -0.4 is 15.2 Å². The van der Waals surface area contributed by atoms with Crippen LogP contribution >= 0.6 is 0 Å². The zero-order valence-corrected chi connectivity index (χ0v) is 12.8. The number of hydrogen-bond acceptors (Lipinski definition) is 3. The zero-order chi connectivity index (χ0) is 14.9. The molecule has 1 aliphatic carbocycles. The molecule has 0 amide bonds. The molecular weight excluding hydrogens is 262 g/mol. The second-order valence-electron chi connectivity index (χ2n) is 5.90. The Morgan fingerprint density at radius 3 is 2.29 bits per heavy atom. The Labute approximate surface area is 126 Å². The van der Waals surface area contributed by atoms with Crippen LogP contribution in [0.3, 0.4) is 0 Å². The van der Waals surface area contributed by atoms with Crippen molar-refractivity contribution in [1.29, 1.82) is 0 Å². The van der Waals surface area contributed by atoms with Gasteiger partial charge in [0, 0.05) is 28.3 Å². The molecule has 2 aromatic rings. The predicted molar refractivity (Wildman–Crippen MR) is 86.3 cm³/mol. The molecule has 3 heteroatoms. The van der Waals surface area contributed by atoms with Crippen LogP contribution in [-0.2, 0) is 5.41 Å². The van der Waals surface area contributed by atoms with Crippen LogP contribution in [0.5, 0.6) is 11.5 Å². The first kappa shape index (κ1) is 14.2. The molecule has 3 rings (SSSR count). The van der Waals surface area contributed by atoms with E-state index >= 15 is 0 Å². The molecule has 2 aromatic carbocycles. The third-order valence-electron chi connectivity index (χ3n) is 4.90. The molecule has 0 saturated heterocycles. The van der Waals surface area contributed by atoms with E-state index in [2.05, 4.69) is 18.2 Å². The molecule has 0 spiro atoms. The van der Waals surface area contributed by atoms with Crippen molar-refractivity contribution < 1.29 is 9.47 Å². The first-order valence-corrected chi connectivity index (χ1v) is 7.60. The van der Waals surface area contributed by atoms with Crippen LogP contribution in [0.25, 0.3) is 10.8 Å². The Balaban J connectivity index is 2.31. The highest BCUT2D eigenvalue weighted by molar-refractivity contribution is 5.95. The number of hydrogen-bond donors (Lipinski definition) is 1. The van der Waals surface area contributed by atoms with Crippen LogP contribution in [0.4, 0.5) is 0 Å². The fourth-order valence-electron chi connectivity index (χ4n) is 3.73. The molecule has 1 aliphatic rings. The van der Waals surface area contributed by atoms with Gasteiger partial charge < -0.3 is 15.2 Å². The van der Waals surface area contributed by atoms with Gasteiger partial charge in [0.05, 0.1) is 14.2 Å². The number of rotatable bonds is 4. The smallest absolute Gasteiger partial charge is 0.130 e. The Morgan fingerprint density at radius 1 is 1.05 bits per heavy atom. The lowest BCUT2D eigenvalue weighted by molar-refractivity contribution is 0.376. The van der Waals surface area contributed by atoms with Crippen LogP contribution in [0.15, 0.2) is 30.3 Å². The monoisotopic (exact) mass is 285 g/mol. The maximum Gasteiger partial charge on any atom is 0.130 e. The molecule has 0 radical (unpaired) electrons. The summed E-state index contributed by atoms with van der Waals surface area (Å²) >= 11 is 0. The second kappa shape index (κ2) is 5.57. The maximum atomic E-state index is 6.16. The van der Waals surface area contributed by atoms with Gasteiger partial charge in [-0.2, -0.15) is 0 Å². The topological polar surface area (TPSA) is 44.5 Å². The highest BCUT2D eigenvalue weighted by Crippen LogP contribution is 2.48. The lowest BCUT2D eigenvalue weighted by atomic mass is 9.77. The Kier molecular flexibility index (Phi) is 3.77. The average Bonchev–Trinajstić information content (AvgIpc) is 3.03. The molecule has 0 unspecified atom stereocenters. The predicted octanol–water partition coefficient (Wildman–Crippen LogP) is 3.63. The standard InChI is InChI=1S/C18H23NO2/c1-20-16-11-15(18(12-19)9-5-6-10-18)17(21-2)14-8-4-3-7-13(14)16/h3-4,7-8,11H,5-6,9-10,12,19H2,1-2H3. The molecule has 0 atom stereocenters. The zero-order valence-electron chi connectivity index (χ0n) is 12.8. The van der Waals surface area contributed by atoms with Gasteiger partial charge in [0.15, 0.2) is 0 Å². The normalized spacial score (nSPS) is 17.1. The Bertz CT molecular complexity index is 645. The third-order valence-corrected chi connectivity index (χ3v) is 4.90. The molecule has 0 bridgehead atoms. The third kappa shape index (κ3) is 2.16. The quantitative estimate of drug-likeness (QED) is 0.933. The first-order chi connectivity index (χ1) is 10.3. The summed E-state index contributed by atoms with van der Waals surface area (Å²) in [5.74, 6) is 1.86. The Morgan fingerprint density at radius 2 is 1.71 bits per heavy atom. The Hall–Kier alpha value is -1.74. The van der Waals surface area contributed by atoms with E-state index in [0.29, 0.717) is 6.54 Å². The van der Waals surface area contributed by atoms with Crippen molar-refractivity contribution in [2.24, 2.45) is 5.73 Å². The van der Waals surface area contributed by atoms with E-state index in [1.54, 1.807) is 14.2 Å². The number of ether oxygens (including phenoxy) is 2. The fourth-order valence-corrected chi connectivity index (χ4v) is 3.73. The summed E-state index contributed by atoms with van der Waals surface area (Å²) in [6, 6.07) is 10.4. The number of benzene rings is 2. The number of nitrogens with two attached hydrogens (primary N) is 1. The van der Waals surface area contributed by atoms with Gasteiger partial charge in [-0.25, -0.2) is 0 Å². The molecular formula is C18H23NO2. The fraction of sp³-hybridized carbons (Fsp3) is 0.444. The van der Waals surface area contributed by atoms with E-state index in [9.17, 15) is 0 Å². The van der Waals surface area contributed by atoms with Crippen molar-refractivity contribution in [3.63, 3.8) is 0 Å². The highest BCUT2D eigenvalue weighted by atomic mass is 16.5. The summed E-state index contributed by atoms with van der Waals surface area (Å²) < 4.78 is 11.4. The molecule has 112 valence electrons. The minimum Gasteiger partial charge on any atom is -0.496 e. The maximum absolute atomic E-state index is 6.16. The molecule has 0 aromatic heterocycles. The van der Waals surface area contributed by atoms with Gasteiger partial charge in [0.25, 0.3) is 0 Å². The van der Waals surface area contributed by atoms with Crippen LogP contribution in [-0.4, -0.2) is 20.8 Å². The lowest BCUT2D eigenvalue weighted by Crippen LogP contribution is -2.32. The summed E-state index contributed by atoms with van der Waals surface area (Å²) in [6.07, 6.45) is 4.72. The number of fused-ring (bicyclic) bond motifs is 1. The van der Waals surface area contributed by atoms with E-state index < -0.39 is 0 Å². The van der Waals surface area contributed by atoms with Gasteiger partial charge in [0.2, 0.25) is 0 Å². The van der Waals surface area contributed by atoms with Gasteiger partial charge in [-0.05, 0) is 18.9 Å². The van der Waals surface area contributed by atoms with E-state index in [4.69, 9.17) is 15.2 Å². The summed E-state index contributed by atoms with van der Waals surface area (Å²) in [4.78, 5) is 0. The average molecular weight is 285 g/mol. The van der Waals surface area contributed by atoms with Crippen LogP contribution in [0.1, 0.15) is 31.2 Å². The largest absolute Gasteiger partial charge is 0.496 e. The summed E-state index contributed by atoms with van der Waals surface area (Å²) in [7, 11) is 3.47. The summed E-state index contributed by atoms with van der Waals surface area (Å²) in [6.45, 7) is 0.658. The van der Waals surface area contributed by atoms with Gasteiger partial charge in [-0.1, -0.05) is 37.1 Å². The van der Waals surface area contributed by atoms with Gasteiger partial charge in [0.1, 0.15) is 11.5 Å². The molecule has 1 saturated carbocycles. The van der Waals surface area contributed by atoms with E-state index in [-0.39, 0.29) is 5.41 Å². The molecule has 0 heterocycles. The first-order valence-electron chi connectivity index (χ1n) is 7.60. The minimum absolute atomic E-state index is 0.0304. The van der Waals surface area contributed by atoms with Crippen molar-refractivity contribution in [3.05, 3.63) is 35.9 Å². The van der Waals surface area contributed by atoms with Crippen molar-refractivity contribution in [2.45, 2.75) is 31.1 Å². The molecule has 21 heavy (non-hydrogen) atoms. The van der Waals surface area contributed by atoms with Crippen molar-refractivity contribution in [1.82, 2.24) is 0 Å². The van der Waals surface area contributed by atoms with E-state index in [1.807, 2.05) is 12.1 Å². The van der Waals surface area contributed by atoms with E-state index in [1.165, 1.54) is 18.4 Å². The molecule has 0 aliphatic heterocycles. The minimum atomic E-state index is 0.0304. The van der Waals surface area contributed by atoms with E-state index in [0.717, 1.165) is 35.1 Å². The van der Waals surface area contributed by atoms with Gasteiger partial charge >= 0.3 is 0 Å². The summed E-state index contributed by atoms with van der Waals surface area (Å²) in [5.41, 5.74) is 7.40. The number of methoxy groups -OCH3 is 2. The van der Waals surface area contributed by atoms with Gasteiger partial charge in [-0.15, -0.1) is 0 Å². The molecule has 3 nitrogen and oxygen atoms in total. The SMILES string of the molecule is COc1cc(C2(CN)CCCC2)c(OC)c2ccccc12.